The van der Waals surface area contributed by atoms with Crippen molar-refractivity contribution in [3.8, 4) is 0 Å². The lowest BCUT2D eigenvalue weighted by Crippen LogP contribution is -2.55. The Kier molecular flexibility index (Phi) is 8.69. The Bertz CT molecular complexity index is 457. The van der Waals surface area contributed by atoms with E-state index in [1.165, 1.54) is 0 Å². The second kappa shape index (κ2) is 9.98. The maximum absolute atomic E-state index is 12.5. The number of ether oxygens (including phenoxy) is 1. The largest absolute Gasteiger partial charge is 0.450 e. The van der Waals surface area contributed by atoms with Gasteiger partial charge in [0.25, 0.3) is 0 Å². The van der Waals surface area contributed by atoms with Gasteiger partial charge in [0.15, 0.2) is 0 Å². The van der Waals surface area contributed by atoms with Gasteiger partial charge in [-0.25, -0.2) is 4.79 Å². The van der Waals surface area contributed by atoms with Crippen molar-refractivity contribution >= 4 is 19.6 Å². The van der Waals surface area contributed by atoms with Crippen LogP contribution in [-0.2, 0) is 23.1 Å². The summed E-state index contributed by atoms with van der Waals surface area (Å²) in [6, 6.07) is -0.969. The maximum atomic E-state index is 12.5. The first-order valence-electron chi connectivity index (χ1n) is 8.21. The summed E-state index contributed by atoms with van der Waals surface area (Å²) in [4.78, 5) is 27.2. The van der Waals surface area contributed by atoms with E-state index in [-0.39, 0.29) is 31.4 Å². The van der Waals surface area contributed by atoms with E-state index >= 15 is 0 Å². The summed E-state index contributed by atoms with van der Waals surface area (Å²) in [7, 11) is -3.37. The minimum absolute atomic E-state index is 0.161. The Balaban J connectivity index is 2.55. The number of hydrogen-bond acceptors (Lipinski definition) is 7. The van der Waals surface area contributed by atoms with Crippen molar-refractivity contribution in [1.29, 1.82) is 0 Å². The van der Waals surface area contributed by atoms with E-state index in [2.05, 4.69) is 0 Å². The highest BCUT2D eigenvalue weighted by atomic mass is 31.2. The number of carbonyl (C=O) groups is 2. The molecular formula is C14H28N3O6P. The van der Waals surface area contributed by atoms with Crippen molar-refractivity contribution in [2.24, 2.45) is 5.73 Å². The van der Waals surface area contributed by atoms with Gasteiger partial charge in [-0.15, -0.1) is 0 Å². The summed E-state index contributed by atoms with van der Waals surface area (Å²) in [6.45, 7) is 7.38. The van der Waals surface area contributed by atoms with Crippen molar-refractivity contribution in [3.05, 3.63) is 0 Å². The summed E-state index contributed by atoms with van der Waals surface area (Å²) in [5.41, 5.74) is 5.91. The molecule has 0 aromatic rings. The van der Waals surface area contributed by atoms with Crippen LogP contribution in [0.4, 0.5) is 4.79 Å². The van der Waals surface area contributed by atoms with Gasteiger partial charge in [0.2, 0.25) is 5.91 Å². The summed E-state index contributed by atoms with van der Waals surface area (Å²) in [6.07, 6.45) is -0.544. The molecule has 1 atom stereocenters. The van der Waals surface area contributed by atoms with Crippen LogP contribution in [0, 0.1) is 0 Å². The molecule has 1 fully saturated rings. The molecule has 2 N–H and O–H groups in total. The van der Waals surface area contributed by atoms with Crippen LogP contribution in [0.1, 0.15) is 20.8 Å². The third-order valence-electron chi connectivity index (χ3n) is 3.51. The van der Waals surface area contributed by atoms with Crippen LogP contribution in [0.2, 0.25) is 0 Å². The van der Waals surface area contributed by atoms with Gasteiger partial charge in [0.1, 0.15) is 0 Å². The number of carbonyl (C=O) groups excluding carboxylic acids is 2. The van der Waals surface area contributed by atoms with Gasteiger partial charge in [0, 0.05) is 26.2 Å². The molecule has 24 heavy (non-hydrogen) atoms. The zero-order valence-corrected chi connectivity index (χ0v) is 15.5. The smallest absolute Gasteiger partial charge is 0.409 e. The predicted molar refractivity (Wildman–Crippen MR) is 88.9 cm³/mol. The molecule has 0 aromatic heterocycles. The van der Waals surface area contributed by atoms with E-state index in [1.54, 1.807) is 30.6 Å². The fraction of sp³-hybridized carbons (Fsp3) is 0.857. The summed E-state index contributed by atoms with van der Waals surface area (Å²) >= 11 is 0. The molecule has 0 spiro atoms. The summed E-state index contributed by atoms with van der Waals surface area (Å²) in [5, 5.41) is 0. The number of rotatable bonds is 8. The number of hydrogen-bond donors (Lipinski definition) is 1. The van der Waals surface area contributed by atoms with E-state index in [0.29, 0.717) is 32.8 Å². The third-order valence-corrected chi connectivity index (χ3v) is 5.65. The monoisotopic (exact) mass is 365 g/mol. The number of piperazine rings is 1. The molecule has 1 unspecified atom stereocenters. The molecule has 1 saturated heterocycles. The fourth-order valence-corrected chi connectivity index (χ4v) is 4.12. The lowest BCUT2D eigenvalue weighted by atomic mass is 10.2. The zero-order chi connectivity index (χ0) is 18.2. The molecule has 2 amide bonds. The SMILES string of the molecule is CCOC(=O)N1CCN(C(=O)C(N)CP(=O)(OCC)OCC)CC1. The number of nitrogens with two attached hydrogens (primary N) is 1. The van der Waals surface area contributed by atoms with Crippen molar-refractivity contribution in [1.82, 2.24) is 9.80 Å². The Morgan fingerprint density at radius 1 is 1.00 bits per heavy atom. The van der Waals surface area contributed by atoms with Crippen LogP contribution in [0.3, 0.4) is 0 Å². The van der Waals surface area contributed by atoms with E-state index in [0.717, 1.165) is 0 Å². The van der Waals surface area contributed by atoms with Crippen LogP contribution in [0.15, 0.2) is 0 Å². The molecule has 1 aliphatic heterocycles. The fourth-order valence-electron chi connectivity index (χ4n) is 2.41. The highest BCUT2D eigenvalue weighted by Gasteiger charge is 2.34. The molecule has 0 aliphatic carbocycles. The minimum Gasteiger partial charge on any atom is -0.450 e. The Morgan fingerprint density at radius 3 is 1.96 bits per heavy atom. The summed E-state index contributed by atoms with van der Waals surface area (Å²) in [5.74, 6) is -0.321. The maximum Gasteiger partial charge on any atom is 0.409 e. The van der Waals surface area contributed by atoms with E-state index in [1.807, 2.05) is 0 Å². The van der Waals surface area contributed by atoms with Gasteiger partial charge in [-0.1, -0.05) is 0 Å². The van der Waals surface area contributed by atoms with E-state index < -0.39 is 13.6 Å². The highest BCUT2D eigenvalue weighted by Crippen LogP contribution is 2.48. The highest BCUT2D eigenvalue weighted by molar-refractivity contribution is 7.53. The molecule has 140 valence electrons. The predicted octanol–water partition coefficient (Wildman–Crippen LogP) is 0.881. The van der Waals surface area contributed by atoms with Gasteiger partial charge in [0.05, 0.1) is 32.0 Å². The standard InChI is InChI=1S/C14H28N3O6P/c1-4-21-14(19)17-9-7-16(8-10-17)13(18)12(15)11-24(20,22-5-2)23-6-3/h12H,4-11,15H2,1-3H3. The Hall–Kier alpha value is -1.15. The van der Waals surface area contributed by atoms with Crippen LogP contribution in [-0.4, -0.2) is 80.0 Å². The van der Waals surface area contributed by atoms with Crippen molar-refractivity contribution in [2.45, 2.75) is 26.8 Å². The van der Waals surface area contributed by atoms with Gasteiger partial charge in [-0.3, -0.25) is 9.36 Å². The Labute approximate surface area is 142 Å². The molecule has 10 heteroatoms. The second-order valence-electron chi connectivity index (χ2n) is 5.25. The molecule has 1 rings (SSSR count). The molecule has 0 bridgehead atoms. The molecule has 0 saturated carbocycles. The van der Waals surface area contributed by atoms with Gasteiger partial charge < -0.3 is 29.3 Å². The third kappa shape index (κ3) is 6.05. The quantitative estimate of drug-likeness (QED) is 0.636. The first-order valence-corrected chi connectivity index (χ1v) is 9.93. The average Bonchev–Trinajstić information content (AvgIpc) is 2.54. The zero-order valence-electron chi connectivity index (χ0n) is 14.6. The molecule has 0 radical (unpaired) electrons. The van der Waals surface area contributed by atoms with Gasteiger partial charge >= 0.3 is 13.7 Å². The van der Waals surface area contributed by atoms with Gasteiger partial charge in [-0.2, -0.15) is 0 Å². The Morgan fingerprint density at radius 2 is 1.50 bits per heavy atom. The average molecular weight is 365 g/mol. The molecule has 9 nitrogen and oxygen atoms in total. The first-order chi connectivity index (χ1) is 11.4. The van der Waals surface area contributed by atoms with Crippen LogP contribution in [0.25, 0.3) is 0 Å². The second-order valence-corrected chi connectivity index (χ2v) is 7.35. The van der Waals surface area contributed by atoms with Crippen molar-refractivity contribution in [2.75, 3.05) is 52.2 Å². The van der Waals surface area contributed by atoms with E-state index in [4.69, 9.17) is 19.5 Å². The molecule has 0 aromatic carbocycles. The van der Waals surface area contributed by atoms with Crippen molar-refractivity contribution < 1.29 is 27.9 Å². The number of amides is 2. The number of nitrogens with zero attached hydrogens (tertiary/aromatic N) is 2. The van der Waals surface area contributed by atoms with Crippen LogP contribution >= 0.6 is 7.60 Å². The van der Waals surface area contributed by atoms with Crippen LogP contribution < -0.4 is 5.73 Å². The lowest BCUT2D eigenvalue weighted by Gasteiger charge is -2.35. The normalized spacial score (nSPS) is 16.8. The minimum atomic E-state index is -3.37. The summed E-state index contributed by atoms with van der Waals surface area (Å²) < 4.78 is 27.7. The topological polar surface area (TPSA) is 111 Å². The van der Waals surface area contributed by atoms with Crippen molar-refractivity contribution in [3.63, 3.8) is 0 Å². The first kappa shape index (κ1) is 20.9. The molecule has 1 heterocycles. The van der Waals surface area contributed by atoms with E-state index in [9.17, 15) is 14.2 Å². The lowest BCUT2D eigenvalue weighted by molar-refractivity contribution is -0.133. The van der Waals surface area contributed by atoms with Crippen LogP contribution in [0.5, 0.6) is 0 Å². The molecule has 1 aliphatic rings. The van der Waals surface area contributed by atoms with Gasteiger partial charge in [-0.05, 0) is 20.8 Å². The molecular weight excluding hydrogens is 337 g/mol.